The molecule has 7 heteroatoms. The van der Waals surface area contributed by atoms with E-state index in [0.717, 1.165) is 49.2 Å². The second kappa shape index (κ2) is 20.6. The van der Waals surface area contributed by atoms with Crippen molar-refractivity contribution >= 4 is 23.2 Å². The summed E-state index contributed by atoms with van der Waals surface area (Å²) < 4.78 is 0. The predicted octanol–water partition coefficient (Wildman–Crippen LogP) is 8.34. The van der Waals surface area contributed by atoms with Crippen LogP contribution in [0.15, 0.2) is 109 Å². The van der Waals surface area contributed by atoms with E-state index >= 15 is 0 Å². The predicted molar refractivity (Wildman–Crippen MR) is 197 cm³/mol. The fourth-order valence-corrected chi connectivity index (χ4v) is 6.60. The van der Waals surface area contributed by atoms with Crippen molar-refractivity contribution in [1.29, 1.82) is 0 Å². The molecule has 0 aromatic heterocycles. The molecule has 0 bridgehead atoms. The van der Waals surface area contributed by atoms with E-state index in [1.54, 1.807) is 0 Å². The van der Waals surface area contributed by atoms with Crippen molar-refractivity contribution < 1.29 is 10.2 Å². The normalized spacial score (nSPS) is 17.0. The lowest BCUT2D eigenvalue weighted by Crippen LogP contribution is -2.48. The van der Waals surface area contributed by atoms with Crippen LogP contribution in [0.25, 0.3) is 0 Å². The molecule has 2 atom stereocenters. The third-order valence-electron chi connectivity index (χ3n) is 8.77. The minimum atomic E-state index is 0.235. The van der Waals surface area contributed by atoms with Crippen LogP contribution in [-0.4, -0.2) is 83.9 Å². The molecule has 2 fully saturated rings. The van der Waals surface area contributed by atoms with Gasteiger partial charge in [0.25, 0.3) is 0 Å². The van der Waals surface area contributed by atoms with Crippen molar-refractivity contribution in [3.8, 4) is 0 Å². The Bertz CT molecular complexity index is 1370. The summed E-state index contributed by atoms with van der Waals surface area (Å²) in [7, 11) is 0. The highest BCUT2D eigenvalue weighted by Gasteiger charge is 2.26. The van der Waals surface area contributed by atoms with Gasteiger partial charge in [0.05, 0.1) is 18.7 Å². The van der Waals surface area contributed by atoms with Gasteiger partial charge in [-0.3, -0.25) is 14.7 Å². The topological polar surface area (TPSA) is 50.2 Å². The Kier molecular flexibility index (Phi) is 16.2. The molecule has 2 unspecified atom stereocenters. The second-order valence-electron chi connectivity index (χ2n) is 12.2. The Morgan fingerprint density at radius 3 is 1.28 bits per heavy atom. The van der Waals surface area contributed by atoms with Gasteiger partial charge in [-0.2, -0.15) is 0 Å². The van der Waals surface area contributed by atoms with Gasteiger partial charge in [0, 0.05) is 49.4 Å². The third-order valence-corrected chi connectivity index (χ3v) is 9.27. The van der Waals surface area contributed by atoms with Gasteiger partial charge in [0.15, 0.2) is 0 Å². The van der Waals surface area contributed by atoms with Crippen molar-refractivity contribution in [1.82, 2.24) is 14.7 Å². The Morgan fingerprint density at radius 2 is 0.894 bits per heavy atom. The molecular formula is C40H51Cl2N3O2. The standard InChI is InChI=1S/C19H23ClN2O.C18H20ClN.C3H8O/c20-18-8-6-17(7-9-18)19(16-4-2-1-3-5-16)22-12-10-21(11-13-22)14-15-23;19-17-11-9-16(10-12-17)18(15-7-3-1-4-8-15)20-13-5-2-6-14-20;1-2-3-4/h1-9,19,23H,10-15H2;1,3-4,7-12,18H,2,5-6,13-14H2;4H,2-3H2,1H3. The van der Waals surface area contributed by atoms with E-state index in [-0.39, 0.29) is 12.6 Å². The van der Waals surface area contributed by atoms with Crippen molar-refractivity contribution in [3.63, 3.8) is 0 Å². The Balaban J connectivity index is 0.000000193. The van der Waals surface area contributed by atoms with Crippen LogP contribution in [0, 0.1) is 0 Å². The molecule has 2 N–H and O–H groups in total. The van der Waals surface area contributed by atoms with E-state index in [1.165, 1.54) is 54.6 Å². The van der Waals surface area contributed by atoms with Gasteiger partial charge >= 0.3 is 0 Å². The van der Waals surface area contributed by atoms with Crippen LogP contribution in [0.4, 0.5) is 0 Å². The van der Waals surface area contributed by atoms with Crippen LogP contribution in [0.1, 0.15) is 66.9 Å². The summed E-state index contributed by atoms with van der Waals surface area (Å²) in [4.78, 5) is 7.44. The van der Waals surface area contributed by atoms with E-state index in [4.69, 9.17) is 33.4 Å². The summed E-state index contributed by atoms with van der Waals surface area (Å²) in [6, 6.07) is 38.5. The van der Waals surface area contributed by atoms with Gasteiger partial charge in [0.2, 0.25) is 0 Å². The molecule has 2 aliphatic heterocycles. The van der Waals surface area contributed by atoms with E-state index in [0.29, 0.717) is 12.6 Å². The summed E-state index contributed by atoms with van der Waals surface area (Å²) in [6.45, 7) is 9.62. The number of benzene rings is 4. The van der Waals surface area contributed by atoms with Gasteiger partial charge in [-0.15, -0.1) is 0 Å². The molecule has 252 valence electrons. The van der Waals surface area contributed by atoms with Gasteiger partial charge in [-0.05, 0) is 78.9 Å². The van der Waals surface area contributed by atoms with Crippen molar-refractivity contribution in [2.45, 2.75) is 44.7 Å². The number of hydrogen-bond acceptors (Lipinski definition) is 5. The van der Waals surface area contributed by atoms with Crippen LogP contribution in [-0.2, 0) is 0 Å². The summed E-state index contributed by atoms with van der Waals surface area (Å²) in [6.07, 6.45) is 4.84. The van der Waals surface area contributed by atoms with E-state index in [2.05, 4.69) is 99.6 Å². The molecule has 0 amide bonds. The summed E-state index contributed by atoms with van der Waals surface area (Å²) in [5, 5.41) is 18.6. The molecule has 47 heavy (non-hydrogen) atoms. The molecule has 0 radical (unpaired) electrons. The van der Waals surface area contributed by atoms with Crippen LogP contribution in [0.3, 0.4) is 0 Å². The Morgan fingerprint density at radius 1 is 0.511 bits per heavy atom. The second-order valence-corrected chi connectivity index (χ2v) is 13.0. The zero-order valence-corrected chi connectivity index (χ0v) is 29.2. The van der Waals surface area contributed by atoms with Crippen molar-refractivity contribution in [3.05, 3.63) is 141 Å². The van der Waals surface area contributed by atoms with Crippen LogP contribution in [0.2, 0.25) is 10.0 Å². The molecule has 0 aliphatic carbocycles. The Hall–Kier alpha value is -2.74. The molecule has 5 nitrogen and oxygen atoms in total. The third kappa shape index (κ3) is 11.7. The maximum atomic E-state index is 9.11. The first kappa shape index (κ1) is 37.1. The highest BCUT2D eigenvalue weighted by atomic mass is 35.5. The monoisotopic (exact) mass is 675 g/mol. The number of piperazine rings is 1. The summed E-state index contributed by atoms with van der Waals surface area (Å²) in [5.41, 5.74) is 5.29. The number of piperidine rings is 1. The maximum absolute atomic E-state index is 9.11. The largest absolute Gasteiger partial charge is 0.396 e. The lowest BCUT2D eigenvalue weighted by molar-refractivity contribution is 0.0945. The average Bonchev–Trinajstić information content (AvgIpc) is 3.13. The zero-order chi connectivity index (χ0) is 33.3. The molecule has 0 spiro atoms. The number of nitrogens with zero attached hydrogens (tertiary/aromatic N) is 3. The SMILES string of the molecule is CCCO.Clc1ccc(C(c2ccccc2)N2CCCCC2)cc1.OCCN1CCN(C(c2ccccc2)c2ccc(Cl)cc2)CC1. The van der Waals surface area contributed by atoms with Crippen LogP contribution >= 0.6 is 23.2 Å². The van der Waals surface area contributed by atoms with Gasteiger partial charge in [0.1, 0.15) is 0 Å². The maximum Gasteiger partial charge on any atom is 0.0602 e. The lowest BCUT2D eigenvalue weighted by atomic mass is 9.95. The zero-order valence-electron chi connectivity index (χ0n) is 27.7. The van der Waals surface area contributed by atoms with E-state index in [1.807, 2.05) is 31.2 Å². The molecule has 6 rings (SSSR count). The molecular weight excluding hydrogens is 625 g/mol. The molecule has 2 heterocycles. The van der Waals surface area contributed by atoms with Gasteiger partial charge in [-0.25, -0.2) is 0 Å². The quantitative estimate of drug-likeness (QED) is 0.187. The molecule has 4 aromatic rings. The van der Waals surface area contributed by atoms with Crippen LogP contribution < -0.4 is 0 Å². The molecule has 4 aromatic carbocycles. The Labute approximate surface area is 292 Å². The fraction of sp³-hybridized carbons (Fsp3) is 0.400. The smallest absolute Gasteiger partial charge is 0.0602 e. The average molecular weight is 677 g/mol. The highest BCUT2D eigenvalue weighted by molar-refractivity contribution is 6.30. The van der Waals surface area contributed by atoms with Crippen molar-refractivity contribution in [2.75, 3.05) is 59.0 Å². The van der Waals surface area contributed by atoms with Crippen molar-refractivity contribution in [2.24, 2.45) is 0 Å². The van der Waals surface area contributed by atoms with Gasteiger partial charge in [-0.1, -0.05) is 121 Å². The highest BCUT2D eigenvalue weighted by Crippen LogP contribution is 2.32. The number of likely N-dealkylation sites (tertiary alicyclic amines) is 1. The first-order valence-corrected chi connectivity index (χ1v) is 17.8. The summed E-state index contributed by atoms with van der Waals surface area (Å²) in [5.74, 6) is 0. The lowest BCUT2D eigenvalue weighted by Gasteiger charge is -2.39. The number of halogens is 2. The van der Waals surface area contributed by atoms with Crippen LogP contribution in [0.5, 0.6) is 0 Å². The first-order chi connectivity index (χ1) is 23.0. The van der Waals surface area contributed by atoms with E-state index < -0.39 is 0 Å². The van der Waals surface area contributed by atoms with E-state index in [9.17, 15) is 0 Å². The minimum Gasteiger partial charge on any atom is -0.396 e. The number of aliphatic hydroxyl groups excluding tert-OH is 2. The fourth-order valence-electron chi connectivity index (χ4n) is 6.35. The molecule has 2 saturated heterocycles. The minimum absolute atomic E-state index is 0.235. The summed E-state index contributed by atoms with van der Waals surface area (Å²) >= 11 is 12.1. The number of hydrogen-bond donors (Lipinski definition) is 2. The number of aliphatic hydroxyl groups is 2. The number of β-amino-alcohol motifs (C(OH)–C–C–N with tert-alkyl or cyclic N) is 1. The number of rotatable bonds is 9. The first-order valence-electron chi connectivity index (χ1n) is 17.1. The molecule has 0 saturated carbocycles. The van der Waals surface area contributed by atoms with Gasteiger partial charge < -0.3 is 10.2 Å². The molecule has 2 aliphatic rings.